The summed E-state index contributed by atoms with van der Waals surface area (Å²) in [6, 6.07) is 11.9. The molecule has 0 atom stereocenters. The van der Waals surface area contributed by atoms with Crippen LogP contribution in [0.3, 0.4) is 0 Å². The van der Waals surface area contributed by atoms with Crippen LogP contribution in [0.25, 0.3) is 5.69 Å². The average molecular weight is 422 g/mol. The molecule has 0 aliphatic heterocycles. The second kappa shape index (κ2) is 7.25. The number of carbonyl (C=O) groups excluding carboxylic acids is 1. The zero-order valence-electron chi connectivity index (χ0n) is 13.2. The summed E-state index contributed by atoms with van der Waals surface area (Å²) in [5, 5.41) is 7.74. The number of carbonyl (C=O) groups is 1. The van der Waals surface area contributed by atoms with E-state index < -0.39 is 0 Å². The van der Waals surface area contributed by atoms with Gasteiger partial charge in [0.05, 0.1) is 11.4 Å². The Balaban J connectivity index is 1.85. The molecule has 0 spiro atoms. The summed E-state index contributed by atoms with van der Waals surface area (Å²) in [7, 11) is 0. The van der Waals surface area contributed by atoms with Crippen LogP contribution >= 0.6 is 27.5 Å². The highest BCUT2D eigenvalue weighted by molar-refractivity contribution is 9.10. The molecule has 0 bridgehead atoms. The lowest BCUT2D eigenvalue weighted by Gasteiger charge is -2.10. The lowest BCUT2D eigenvalue weighted by atomic mass is 10.3. The Morgan fingerprint density at radius 2 is 2.08 bits per heavy atom. The van der Waals surface area contributed by atoms with Crippen molar-refractivity contribution in [3.8, 4) is 5.69 Å². The Morgan fingerprint density at radius 1 is 1.28 bits per heavy atom. The quantitative estimate of drug-likeness (QED) is 0.702. The second-order valence-electron chi connectivity index (χ2n) is 5.42. The van der Waals surface area contributed by atoms with Crippen molar-refractivity contribution in [1.82, 2.24) is 14.3 Å². The van der Waals surface area contributed by atoms with Gasteiger partial charge in [-0.1, -0.05) is 17.7 Å². The van der Waals surface area contributed by atoms with Crippen LogP contribution in [0.15, 0.2) is 57.9 Å². The van der Waals surface area contributed by atoms with Crippen LogP contribution in [-0.2, 0) is 11.3 Å². The Bertz CT molecular complexity index is 996. The Morgan fingerprint density at radius 3 is 2.84 bits per heavy atom. The fourth-order valence-corrected chi connectivity index (χ4v) is 2.92. The van der Waals surface area contributed by atoms with E-state index in [1.54, 1.807) is 41.2 Å². The molecule has 3 rings (SSSR count). The number of hydrogen-bond acceptors (Lipinski definition) is 3. The van der Waals surface area contributed by atoms with Crippen LogP contribution in [0.1, 0.15) is 5.69 Å². The van der Waals surface area contributed by atoms with Crippen molar-refractivity contribution in [2.75, 3.05) is 5.32 Å². The van der Waals surface area contributed by atoms with E-state index >= 15 is 0 Å². The maximum Gasteiger partial charge on any atom is 0.251 e. The van der Waals surface area contributed by atoms with E-state index in [0.29, 0.717) is 10.8 Å². The number of halogens is 2. The lowest BCUT2D eigenvalue weighted by Crippen LogP contribution is -2.27. The average Bonchev–Trinajstić information content (AvgIpc) is 2.91. The number of nitrogens with zero attached hydrogens (tertiary/aromatic N) is 3. The van der Waals surface area contributed by atoms with Crippen molar-refractivity contribution in [2.24, 2.45) is 0 Å². The van der Waals surface area contributed by atoms with E-state index in [1.807, 2.05) is 13.0 Å². The van der Waals surface area contributed by atoms with Crippen molar-refractivity contribution < 1.29 is 4.79 Å². The van der Waals surface area contributed by atoms with Gasteiger partial charge in [0.15, 0.2) is 0 Å². The highest BCUT2D eigenvalue weighted by atomic mass is 79.9. The number of benzene rings is 1. The zero-order valence-corrected chi connectivity index (χ0v) is 15.6. The molecule has 128 valence electrons. The predicted molar refractivity (Wildman–Crippen MR) is 100 cm³/mol. The number of aryl methyl sites for hydroxylation is 1. The Kier molecular flexibility index (Phi) is 5.06. The molecule has 0 saturated heterocycles. The first-order valence-corrected chi connectivity index (χ1v) is 8.58. The molecule has 0 saturated carbocycles. The summed E-state index contributed by atoms with van der Waals surface area (Å²) in [4.78, 5) is 24.2. The largest absolute Gasteiger partial charge is 0.309 e. The van der Waals surface area contributed by atoms with Gasteiger partial charge >= 0.3 is 0 Å². The van der Waals surface area contributed by atoms with Gasteiger partial charge in [-0.15, -0.1) is 0 Å². The van der Waals surface area contributed by atoms with Crippen LogP contribution in [-0.4, -0.2) is 20.3 Å². The fraction of sp³-hybridized carbons (Fsp3) is 0.118. The van der Waals surface area contributed by atoms with Gasteiger partial charge in [-0.05, 0) is 47.1 Å². The number of aromatic nitrogens is 3. The number of anilines is 1. The molecule has 1 N–H and O–H groups in total. The molecule has 8 heteroatoms. The lowest BCUT2D eigenvalue weighted by molar-refractivity contribution is -0.116. The Hall–Kier alpha value is -2.38. The van der Waals surface area contributed by atoms with Crippen molar-refractivity contribution in [3.05, 3.63) is 74.2 Å². The predicted octanol–water partition coefficient (Wildman–Crippen LogP) is 3.40. The summed E-state index contributed by atoms with van der Waals surface area (Å²) in [6.45, 7) is 1.73. The minimum Gasteiger partial charge on any atom is -0.309 e. The molecule has 6 nitrogen and oxygen atoms in total. The number of hydrogen-bond donors (Lipinski definition) is 1. The topological polar surface area (TPSA) is 68.9 Å². The van der Waals surface area contributed by atoms with Crippen LogP contribution in [0.2, 0.25) is 5.02 Å². The van der Waals surface area contributed by atoms with Crippen molar-refractivity contribution in [1.29, 1.82) is 0 Å². The molecule has 0 aliphatic carbocycles. The van der Waals surface area contributed by atoms with Gasteiger partial charge in [-0.2, -0.15) is 5.10 Å². The minimum atomic E-state index is -0.330. The molecule has 2 aromatic heterocycles. The summed E-state index contributed by atoms with van der Waals surface area (Å²) < 4.78 is 3.65. The molecule has 25 heavy (non-hydrogen) atoms. The number of pyridine rings is 1. The van der Waals surface area contributed by atoms with E-state index in [2.05, 4.69) is 26.3 Å². The zero-order chi connectivity index (χ0) is 18.0. The van der Waals surface area contributed by atoms with E-state index in [1.165, 1.54) is 10.6 Å². The molecule has 3 aromatic rings. The number of nitrogens with one attached hydrogen (secondary N) is 1. The molecular weight excluding hydrogens is 408 g/mol. The van der Waals surface area contributed by atoms with Crippen molar-refractivity contribution in [2.45, 2.75) is 13.5 Å². The van der Waals surface area contributed by atoms with Gasteiger partial charge in [-0.25, -0.2) is 4.68 Å². The highest BCUT2D eigenvalue weighted by Crippen LogP contribution is 2.20. The molecule has 2 heterocycles. The first kappa shape index (κ1) is 17.4. The molecule has 1 aromatic carbocycles. The SMILES string of the molecule is Cc1cc(NC(=O)Cn2cc(Br)ccc2=O)n(-c2cccc(Cl)c2)n1. The fourth-order valence-electron chi connectivity index (χ4n) is 2.36. The van der Waals surface area contributed by atoms with Gasteiger partial charge in [0.1, 0.15) is 12.4 Å². The van der Waals surface area contributed by atoms with Gasteiger partial charge in [0, 0.05) is 27.8 Å². The summed E-state index contributed by atoms with van der Waals surface area (Å²) in [5.74, 6) is 0.177. The maximum absolute atomic E-state index is 12.4. The van der Waals surface area contributed by atoms with Crippen LogP contribution in [0, 0.1) is 6.92 Å². The normalized spacial score (nSPS) is 10.7. The van der Waals surface area contributed by atoms with E-state index in [0.717, 1.165) is 15.9 Å². The van der Waals surface area contributed by atoms with Crippen molar-refractivity contribution >= 4 is 39.3 Å². The third-order valence-corrected chi connectivity index (χ3v) is 4.12. The second-order valence-corrected chi connectivity index (χ2v) is 6.78. The monoisotopic (exact) mass is 420 g/mol. The van der Waals surface area contributed by atoms with Crippen LogP contribution in [0.4, 0.5) is 5.82 Å². The molecule has 0 fully saturated rings. The summed E-state index contributed by atoms with van der Waals surface area (Å²) >= 11 is 9.32. The molecule has 1 amide bonds. The first-order valence-electron chi connectivity index (χ1n) is 7.41. The van der Waals surface area contributed by atoms with Crippen LogP contribution in [0.5, 0.6) is 0 Å². The molecule has 0 radical (unpaired) electrons. The third-order valence-electron chi connectivity index (χ3n) is 3.41. The van der Waals surface area contributed by atoms with Crippen LogP contribution < -0.4 is 10.9 Å². The van der Waals surface area contributed by atoms with E-state index in [9.17, 15) is 9.59 Å². The van der Waals surface area contributed by atoms with Gasteiger partial charge in [0.25, 0.3) is 5.56 Å². The first-order chi connectivity index (χ1) is 11.9. The third kappa shape index (κ3) is 4.18. The van der Waals surface area contributed by atoms with E-state index in [-0.39, 0.29) is 18.0 Å². The summed E-state index contributed by atoms with van der Waals surface area (Å²) in [5.41, 5.74) is 1.23. The molecular formula is C17H14BrClN4O2. The van der Waals surface area contributed by atoms with E-state index in [4.69, 9.17) is 11.6 Å². The van der Waals surface area contributed by atoms with Gasteiger partial charge in [0.2, 0.25) is 5.91 Å². The molecule has 0 aliphatic rings. The highest BCUT2D eigenvalue weighted by Gasteiger charge is 2.12. The standard InChI is InChI=1S/C17H14BrClN4O2/c1-11-7-15(23(21-11)14-4-2-3-13(19)8-14)20-16(24)10-22-9-12(18)5-6-17(22)25/h2-9H,10H2,1H3,(H,20,24). The van der Waals surface area contributed by atoms with Gasteiger partial charge in [-0.3, -0.25) is 9.59 Å². The Labute approximate surface area is 157 Å². The number of rotatable bonds is 4. The van der Waals surface area contributed by atoms with Crippen molar-refractivity contribution in [3.63, 3.8) is 0 Å². The number of amides is 1. The minimum absolute atomic E-state index is 0.0992. The summed E-state index contributed by atoms with van der Waals surface area (Å²) in [6.07, 6.45) is 1.57. The maximum atomic E-state index is 12.4. The molecule has 0 unspecified atom stereocenters. The smallest absolute Gasteiger partial charge is 0.251 e. The van der Waals surface area contributed by atoms with Gasteiger partial charge < -0.3 is 9.88 Å².